The quantitative estimate of drug-likeness (QED) is 0.732. The van der Waals surface area contributed by atoms with E-state index in [1.54, 1.807) is 0 Å². The van der Waals surface area contributed by atoms with Crippen molar-refractivity contribution in [2.45, 2.75) is 51.0 Å². The normalized spacial score (nSPS) is 40.3. The number of hydrogen-bond acceptors (Lipinski definition) is 2. The van der Waals surface area contributed by atoms with Crippen molar-refractivity contribution in [3.8, 4) is 0 Å². The molecule has 0 bridgehead atoms. The maximum absolute atomic E-state index is 5.97. The Labute approximate surface area is 87.8 Å². The Kier molecular flexibility index (Phi) is 3.13. The predicted octanol–water partition coefficient (Wildman–Crippen LogP) is 1.99. The Morgan fingerprint density at radius 3 is 2.14 bits per heavy atom. The molecule has 2 rings (SSSR count). The summed E-state index contributed by atoms with van der Waals surface area (Å²) >= 11 is 0. The summed E-state index contributed by atoms with van der Waals surface area (Å²) in [6.45, 7) is 5.82. The average molecular weight is 196 g/mol. The van der Waals surface area contributed by atoms with E-state index >= 15 is 0 Å². The Hall–Kier alpha value is -0.0800. The number of rotatable bonds is 2. The maximum Gasteiger partial charge on any atom is 0.0336 e. The van der Waals surface area contributed by atoms with E-state index in [4.69, 9.17) is 5.73 Å². The van der Waals surface area contributed by atoms with Crippen LogP contribution < -0.4 is 5.73 Å². The molecule has 0 unspecified atom stereocenters. The van der Waals surface area contributed by atoms with Gasteiger partial charge in [-0.15, -0.1) is 0 Å². The van der Waals surface area contributed by atoms with Gasteiger partial charge in [0.1, 0.15) is 0 Å². The molecule has 2 N–H and O–H groups in total. The Balaban J connectivity index is 1.96. The van der Waals surface area contributed by atoms with Gasteiger partial charge in [0, 0.05) is 12.1 Å². The van der Waals surface area contributed by atoms with Crippen LogP contribution in [-0.2, 0) is 0 Å². The predicted molar refractivity (Wildman–Crippen MR) is 60.2 cm³/mol. The Morgan fingerprint density at radius 2 is 1.71 bits per heavy atom. The highest BCUT2D eigenvalue weighted by molar-refractivity contribution is 5.02. The van der Waals surface area contributed by atoms with Crippen LogP contribution in [0.2, 0.25) is 0 Å². The van der Waals surface area contributed by atoms with Gasteiger partial charge in [-0.2, -0.15) is 0 Å². The molecule has 1 saturated heterocycles. The lowest BCUT2D eigenvalue weighted by Crippen LogP contribution is -2.61. The molecule has 1 heterocycles. The lowest BCUT2D eigenvalue weighted by Gasteiger charge is -2.53. The fourth-order valence-electron chi connectivity index (χ4n) is 3.34. The monoisotopic (exact) mass is 196 g/mol. The highest BCUT2D eigenvalue weighted by Gasteiger charge is 2.45. The molecule has 2 heteroatoms. The molecule has 1 aliphatic heterocycles. The summed E-state index contributed by atoms with van der Waals surface area (Å²) in [5.41, 5.74) is 6.38. The highest BCUT2D eigenvalue weighted by atomic mass is 15.2. The molecule has 14 heavy (non-hydrogen) atoms. The largest absolute Gasteiger partial charge is 0.329 e. The molecular formula is C12H24N2. The Morgan fingerprint density at radius 1 is 1.14 bits per heavy atom. The first-order valence-corrected chi connectivity index (χ1v) is 6.22. The van der Waals surface area contributed by atoms with E-state index < -0.39 is 0 Å². The molecule has 1 saturated carbocycles. The SMILES string of the molecule is CC1CC(CN)(N2CCCCCC2)C1. The summed E-state index contributed by atoms with van der Waals surface area (Å²) in [4.78, 5) is 2.69. The van der Waals surface area contributed by atoms with Crippen LogP contribution in [0, 0.1) is 5.92 Å². The fourth-order valence-corrected chi connectivity index (χ4v) is 3.34. The molecule has 0 amide bonds. The van der Waals surface area contributed by atoms with Crippen molar-refractivity contribution in [3.63, 3.8) is 0 Å². The molecule has 2 aliphatic rings. The molecule has 0 radical (unpaired) electrons. The average Bonchev–Trinajstić information content (AvgIpc) is 2.40. The van der Waals surface area contributed by atoms with Gasteiger partial charge in [-0.3, -0.25) is 4.90 Å². The molecule has 2 nitrogen and oxygen atoms in total. The van der Waals surface area contributed by atoms with E-state index in [1.807, 2.05) is 0 Å². The maximum atomic E-state index is 5.97. The van der Waals surface area contributed by atoms with Gasteiger partial charge in [0.2, 0.25) is 0 Å². The second-order valence-corrected chi connectivity index (χ2v) is 5.34. The topological polar surface area (TPSA) is 29.3 Å². The minimum Gasteiger partial charge on any atom is -0.329 e. The molecule has 0 atom stereocenters. The summed E-state index contributed by atoms with van der Waals surface area (Å²) in [5, 5.41) is 0. The smallest absolute Gasteiger partial charge is 0.0336 e. The molecule has 82 valence electrons. The van der Waals surface area contributed by atoms with Crippen molar-refractivity contribution >= 4 is 0 Å². The van der Waals surface area contributed by atoms with Crippen LogP contribution >= 0.6 is 0 Å². The minimum atomic E-state index is 0.407. The summed E-state index contributed by atoms with van der Waals surface area (Å²) in [6.07, 6.45) is 8.29. The molecule has 2 fully saturated rings. The highest BCUT2D eigenvalue weighted by Crippen LogP contribution is 2.42. The number of hydrogen-bond donors (Lipinski definition) is 1. The standard InChI is InChI=1S/C12H24N2/c1-11-8-12(9-11,10-13)14-6-4-2-3-5-7-14/h11H,2-10,13H2,1H3. The van der Waals surface area contributed by atoms with Crippen LogP contribution in [0.1, 0.15) is 45.4 Å². The van der Waals surface area contributed by atoms with Gasteiger partial charge in [0.15, 0.2) is 0 Å². The molecule has 1 aliphatic carbocycles. The van der Waals surface area contributed by atoms with E-state index in [0.29, 0.717) is 5.54 Å². The number of nitrogens with two attached hydrogens (primary N) is 1. The zero-order chi connectivity index (χ0) is 10.0. The van der Waals surface area contributed by atoms with Crippen LogP contribution in [0.5, 0.6) is 0 Å². The summed E-state index contributed by atoms with van der Waals surface area (Å²) < 4.78 is 0. The van der Waals surface area contributed by atoms with Gasteiger partial charge in [-0.25, -0.2) is 0 Å². The first kappa shape index (κ1) is 10.4. The minimum absolute atomic E-state index is 0.407. The third kappa shape index (κ3) is 1.82. The van der Waals surface area contributed by atoms with Crippen molar-refractivity contribution in [3.05, 3.63) is 0 Å². The van der Waals surface area contributed by atoms with Crippen LogP contribution in [0.15, 0.2) is 0 Å². The lowest BCUT2D eigenvalue weighted by molar-refractivity contribution is -0.0104. The van der Waals surface area contributed by atoms with E-state index in [1.165, 1.54) is 51.6 Å². The first-order chi connectivity index (χ1) is 6.77. The third-order valence-corrected chi connectivity index (χ3v) is 4.11. The van der Waals surface area contributed by atoms with Gasteiger partial charge in [0.25, 0.3) is 0 Å². The van der Waals surface area contributed by atoms with Gasteiger partial charge in [-0.1, -0.05) is 19.8 Å². The number of nitrogens with zero attached hydrogens (tertiary/aromatic N) is 1. The zero-order valence-corrected chi connectivity index (χ0v) is 9.47. The first-order valence-electron chi connectivity index (χ1n) is 6.22. The van der Waals surface area contributed by atoms with E-state index in [2.05, 4.69) is 11.8 Å². The second-order valence-electron chi connectivity index (χ2n) is 5.34. The molecule has 0 aromatic rings. The molecule has 0 aromatic heterocycles. The van der Waals surface area contributed by atoms with Crippen molar-refractivity contribution in [1.82, 2.24) is 4.90 Å². The van der Waals surface area contributed by atoms with E-state index in [9.17, 15) is 0 Å². The zero-order valence-electron chi connectivity index (χ0n) is 9.47. The van der Waals surface area contributed by atoms with Gasteiger partial charge in [-0.05, 0) is 44.7 Å². The van der Waals surface area contributed by atoms with Crippen LogP contribution in [0.4, 0.5) is 0 Å². The Bertz CT molecular complexity index is 177. The van der Waals surface area contributed by atoms with Crippen molar-refractivity contribution in [1.29, 1.82) is 0 Å². The van der Waals surface area contributed by atoms with Gasteiger partial charge < -0.3 is 5.73 Å². The second kappa shape index (κ2) is 4.19. The summed E-state index contributed by atoms with van der Waals surface area (Å²) in [6, 6.07) is 0. The van der Waals surface area contributed by atoms with Gasteiger partial charge >= 0.3 is 0 Å². The fraction of sp³-hybridized carbons (Fsp3) is 1.00. The molecule has 0 aromatic carbocycles. The molecule has 0 spiro atoms. The van der Waals surface area contributed by atoms with Crippen LogP contribution in [0.3, 0.4) is 0 Å². The van der Waals surface area contributed by atoms with Crippen molar-refractivity contribution in [2.24, 2.45) is 11.7 Å². The molecular weight excluding hydrogens is 172 g/mol. The lowest BCUT2D eigenvalue weighted by atomic mass is 9.68. The van der Waals surface area contributed by atoms with Crippen LogP contribution in [0.25, 0.3) is 0 Å². The third-order valence-electron chi connectivity index (χ3n) is 4.11. The van der Waals surface area contributed by atoms with E-state index in [-0.39, 0.29) is 0 Å². The van der Waals surface area contributed by atoms with Crippen molar-refractivity contribution in [2.75, 3.05) is 19.6 Å². The van der Waals surface area contributed by atoms with Crippen molar-refractivity contribution < 1.29 is 0 Å². The van der Waals surface area contributed by atoms with Crippen LogP contribution in [-0.4, -0.2) is 30.1 Å². The summed E-state index contributed by atoms with van der Waals surface area (Å²) in [7, 11) is 0. The van der Waals surface area contributed by atoms with E-state index in [0.717, 1.165) is 12.5 Å². The summed E-state index contributed by atoms with van der Waals surface area (Å²) in [5.74, 6) is 0.904. The number of likely N-dealkylation sites (tertiary alicyclic amines) is 1. The van der Waals surface area contributed by atoms with Gasteiger partial charge in [0.05, 0.1) is 0 Å².